The van der Waals surface area contributed by atoms with E-state index in [2.05, 4.69) is 5.32 Å². The number of fused-ring (bicyclic) bond motifs is 1. The Kier molecular flexibility index (Phi) is 4.11. The Bertz CT molecular complexity index is 657. The van der Waals surface area contributed by atoms with Crippen molar-refractivity contribution in [2.45, 2.75) is 18.9 Å². The molecular weight excluding hydrogens is 286 g/mol. The summed E-state index contributed by atoms with van der Waals surface area (Å²) in [7, 11) is 0. The van der Waals surface area contributed by atoms with Gasteiger partial charge < -0.3 is 10.1 Å². The number of halogens is 1. The maximum atomic E-state index is 12.2. The van der Waals surface area contributed by atoms with Gasteiger partial charge in [0.25, 0.3) is 0 Å². The Balaban J connectivity index is 1.70. The van der Waals surface area contributed by atoms with Gasteiger partial charge in [0, 0.05) is 17.0 Å². The molecule has 1 aliphatic rings. The minimum atomic E-state index is -0.0233. The van der Waals surface area contributed by atoms with E-state index in [1.807, 2.05) is 42.5 Å². The minimum Gasteiger partial charge on any atom is -0.493 e. The molecule has 0 radical (unpaired) electrons. The number of amides is 1. The van der Waals surface area contributed by atoms with Crippen LogP contribution in [0.5, 0.6) is 5.75 Å². The molecule has 2 aromatic rings. The molecule has 0 bridgehead atoms. The van der Waals surface area contributed by atoms with Crippen molar-refractivity contribution in [2.75, 3.05) is 6.61 Å². The molecule has 3 nitrogen and oxygen atoms in total. The van der Waals surface area contributed by atoms with Gasteiger partial charge in [-0.1, -0.05) is 48.0 Å². The SMILES string of the molecule is O=C(Cc1ccccc1Cl)N[C@H]1CCOc2ccccc21. The van der Waals surface area contributed by atoms with Gasteiger partial charge in [0.1, 0.15) is 5.75 Å². The highest BCUT2D eigenvalue weighted by Gasteiger charge is 2.22. The third-order valence-electron chi connectivity index (χ3n) is 3.60. The second kappa shape index (κ2) is 6.19. The topological polar surface area (TPSA) is 38.3 Å². The third kappa shape index (κ3) is 3.19. The van der Waals surface area contributed by atoms with E-state index < -0.39 is 0 Å². The molecule has 1 heterocycles. The maximum Gasteiger partial charge on any atom is 0.224 e. The van der Waals surface area contributed by atoms with Crippen molar-refractivity contribution in [3.8, 4) is 5.75 Å². The first-order valence-electron chi connectivity index (χ1n) is 6.98. The smallest absolute Gasteiger partial charge is 0.224 e. The van der Waals surface area contributed by atoms with Crippen molar-refractivity contribution in [2.24, 2.45) is 0 Å². The fourth-order valence-electron chi connectivity index (χ4n) is 2.55. The molecule has 4 heteroatoms. The molecule has 2 aromatic carbocycles. The number of nitrogens with one attached hydrogen (secondary N) is 1. The van der Waals surface area contributed by atoms with Crippen LogP contribution >= 0.6 is 11.6 Å². The standard InChI is InChI=1S/C17H16ClNO2/c18-14-7-3-1-5-12(14)11-17(20)19-15-9-10-21-16-8-4-2-6-13(15)16/h1-8,15H,9-11H2,(H,19,20)/t15-/m0/s1. The molecule has 3 rings (SSSR count). The second-order valence-corrected chi connectivity index (χ2v) is 5.47. The van der Waals surface area contributed by atoms with Gasteiger partial charge in [0.05, 0.1) is 19.1 Å². The van der Waals surface area contributed by atoms with Crippen molar-refractivity contribution in [3.05, 3.63) is 64.7 Å². The van der Waals surface area contributed by atoms with Gasteiger partial charge in [0.2, 0.25) is 5.91 Å². The van der Waals surface area contributed by atoms with Gasteiger partial charge in [-0.25, -0.2) is 0 Å². The minimum absolute atomic E-state index is 0.00457. The van der Waals surface area contributed by atoms with Crippen LogP contribution in [0.15, 0.2) is 48.5 Å². The van der Waals surface area contributed by atoms with Gasteiger partial charge >= 0.3 is 0 Å². The normalized spacial score (nSPS) is 16.7. The molecule has 1 amide bonds. The van der Waals surface area contributed by atoms with Crippen LogP contribution in [0.25, 0.3) is 0 Å². The summed E-state index contributed by atoms with van der Waals surface area (Å²) in [4.78, 5) is 12.2. The van der Waals surface area contributed by atoms with Crippen molar-refractivity contribution < 1.29 is 9.53 Å². The summed E-state index contributed by atoms with van der Waals surface area (Å²) in [5.74, 6) is 0.830. The summed E-state index contributed by atoms with van der Waals surface area (Å²) in [6.07, 6.45) is 1.07. The van der Waals surface area contributed by atoms with Gasteiger partial charge in [-0.3, -0.25) is 4.79 Å². The number of benzene rings is 2. The quantitative estimate of drug-likeness (QED) is 0.942. The molecular formula is C17H16ClNO2. The molecule has 0 saturated carbocycles. The Morgan fingerprint density at radius 3 is 2.81 bits per heavy atom. The van der Waals surface area contributed by atoms with Crippen molar-refractivity contribution in [1.82, 2.24) is 5.32 Å². The lowest BCUT2D eigenvalue weighted by Gasteiger charge is -2.26. The number of carbonyl (C=O) groups is 1. The Hall–Kier alpha value is -2.00. The summed E-state index contributed by atoms with van der Waals surface area (Å²) in [6, 6.07) is 15.2. The average molecular weight is 302 g/mol. The van der Waals surface area contributed by atoms with E-state index in [9.17, 15) is 4.79 Å². The van der Waals surface area contributed by atoms with Crippen molar-refractivity contribution >= 4 is 17.5 Å². The number of hydrogen-bond donors (Lipinski definition) is 1. The Morgan fingerprint density at radius 1 is 1.19 bits per heavy atom. The van der Waals surface area contributed by atoms with Crippen LogP contribution in [-0.4, -0.2) is 12.5 Å². The first-order valence-corrected chi connectivity index (χ1v) is 7.36. The summed E-state index contributed by atoms with van der Waals surface area (Å²) >= 11 is 6.09. The highest BCUT2D eigenvalue weighted by Crippen LogP contribution is 2.31. The van der Waals surface area contributed by atoms with Crippen molar-refractivity contribution in [1.29, 1.82) is 0 Å². The summed E-state index contributed by atoms with van der Waals surface area (Å²) in [6.45, 7) is 0.619. The number of rotatable bonds is 3. The van der Waals surface area contributed by atoms with Crippen LogP contribution in [0.3, 0.4) is 0 Å². The molecule has 0 unspecified atom stereocenters. The predicted molar refractivity (Wildman–Crippen MR) is 82.6 cm³/mol. The highest BCUT2D eigenvalue weighted by molar-refractivity contribution is 6.31. The van der Waals surface area contributed by atoms with Crippen LogP contribution in [-0.2, 0) is 11.2 Å². The lowest BCUT2D eigenvalue weighted by atomic mass is 10.00. The second-order valence-electron chi connectivity index (χ2n) is 5.06. The first kappa shape index (κ1) is 14.0. The first-order chi connectivity index (χ1) is 10.2. The number of para-hydroxylation sites is 1. The largest absolute Gasteiger partial charge is 0.493 e. The van der Waals surface area contributed by atoms with Crippen LogP contribution in [0.4, 0.5) is 0 Å². The molecule has 1 atom stereocenters. The van der Waals surface area contributed by atoms with Crippen LogP contribution in [0.1, 0.15) is 23.6 Å². The van der Waals surface area contributed by atoms with Gasteiger partial charge in [0.15, 0.2) is 0 Å². The Morgan fingerprint density at radius 2 is 1.95 bits per heavy atom. The fraction of sp³-hybridized carbons (Fsp3) is 0.235. The van der Waals surface area contributed by atoms with E-state index in [1.165, 1.54) is 0 Å². The van der Waals surface area contributed by atoms with E-state index in [0.717, 1.165) is 23.3 Å². The maximum absolute atomic E-state index is 12.2. The van der Waals surface area contributed by atoms with E-state index in [1.54, 1.807) is 6.07 Å². The van der Waals surface area contributed by atoms with Crippen LogP contribution < -0.4 is 10.1 Å². The van der Waals surface area contributed by atoms with E-state index in [0.29, 0.717) is 18.1 Å². The molecule has 1 N–H and O–H groups in total. The lowest BCUT2D eigenvalue weighted by Crippen LogP contribution is -2.33. The molecule has 21 heavy (non-hydrogen) atoms. The monoisotopic (exact) mass is 301 g/mol. The predicted octanol–water partition coefficient (Wildman–Crippen LogP) is 3.52. The molecule has 0 saturated heterocycles. The van der Waals surface area contributed by atoms with E-state index in [-0.39, 0.29) is 11.9 Å². The van der Waals surface area contributed by atoms with E-state index in [4.69, 9.17) is 16.3 Å². The summed E-state index contributed by atoms with van der Waals surface area (Å²) in [5.41, 5.74) is 1.88. The fourth-order valence-corrected chi connectivity index (χ4v) is 2.75. The molecule has 108 valence electrons. The van der Waals surface area contributed by atoms with Gasteiger partial charge in [-0.2, -0.15) is 0 Å². The molecule has 0 spiro atoms. The third-order valence-corrected chi connectivity index (χ3v) is 3.97. The zero-order valence-corrected chi connectivity index (χ0v) is 12.3. The molecule has 0 aliphatic carbocycles. The molecule has 0 aromatic heterocycles. The lowest BCUT2D eigenvalue weighted by molar-refractivity contribution is -0.121. The zero-order valence-electron chi connectivity index (χ0n) is 11.5. The van der Waals surface area contributed by atoms with Crippen LogP contribution in [0, 0.1) is 0 Å². The Labute approximate surface area is 128 Å². The number of carbonyl (C=O) groups excluding carboxylic acids is 1. The number of hydrogen-bond acceptors (Lipinski definition) is 2. The number of ether oxygens (including phenoxy) is 1. The van der Waals surface area contributed by atoms with E-state index >= 15 is 0 Å². The van der Waals surface area contributed by atoms with Crippen molar-refractivity contribution in [3.63, 3.8) is 0 Å². The van der Waals surface area contributed by atoms with Crippen LogP contribution in [0.2, 0.25) is 5.02 Å². The van der Waals surface area contributed by atoms with Gasteiger partial charge in [-0.05, 0) is 17.7 Å². The average Bonchev–Trinajstić information content (AvgIpc) is 2.50. The molecule has 0 fully saturated rings. The highest BCUT2D eigenvalue weighted by atomic mass is 35.5. The zero-order chi connectivity index (χ0) is 14.7. The molecule has 1 aliphatic heterocycles. The summed E-state index contributed by atoms with van der Waals surface area (Å²) < 4.78 is 5.60. The van der Waals surface area contributed by atoms with Gasteiger partial charge in [-0.15, -0.1) is 0 Å². The summed E-state index contributed by atoms with van der Waals surface area (Å²) in [5, 5.41) is 3.70.